The highest BCUT2D eigenvalue weighted by Gasteiger charge is 2.44. The number of amides is 1. The topological polar surface area (TPSA) is 54.9 Å². The van der Waals surface area contributed by atoms with Gasteiger partial charge in [-0.25, -0.2) is 0 Å². The number of pyridine rings is 1. The fraction of sp³-hybridized carbons (Fsp3) is 0.500. The molecule has 6 nitrogen and oxygen atoms in total. The number of aromatic nitrogens is 1. The van der Waals surface area contributed by atoms with Gasteiger partial charge in [-0.1, -0.05) is 25.3 Å². The van der Waals surface area contributed by atoms with Crippen LogP contribution in [0.25, 0.3) is 0 Å². The second-order valence-corrected chi connectivity index (χ2v) is 8.63. The first-order valence-electron chi connectivity index (χ1n) is 11.1. The van der Waals surface area contributed by atoms with Crippen molar-refractivity contribution >= 4 is 5.91 Å². The minimum absolute atomic E-state index is 0.263. The van der Waals surface area contributed by atoms with Gasteiger partial charge in [0.2, 0.25) is 12.7 Å². The summed E-state index contributed by atoms with van der Waals surface area (Å²) in [6.07, 6.45) is 8.93. The van der Waals surface area contributed by atoms with Crippen molar-refractivity contribution in [3.8, 4) is 11.5 Å². The lowest BCUT2D eigenvalue weighted by molar-refractivity contribution is -0.140. The van der Waals surface area contributed by atoms with Gasteiger partial charge in [0.15, 0.2) is 11.5 Å². The van der Waals surface area contributed by atoms with Crippen LogP contribution < -0.4 is 9.47 Å². The van der Waals surface area contributed by atoms with Gasteiger partial charge in [-0.2, -0.15) is 0 Å². The first kappa shape index (κ1) is 19.4. The quantitative estimate of drug-likeness (QED) is 0.778. The fourth-order valence-corrected chi connectivity index (χ4v) is 5.13. The Morgan fingerprint density at radius 1 is 0.933 bits per heavy atom. The van der Waals surface area contributed by atoms with E-state index in [9.17, 15) is 4.79 Å². The molecule has 30 heavy (non-hydrogen) atoms. The zero-order chi connectivity index (χ0) is 20.4. The third-order valence-corrected chi connectivity index (χ3v) is 6.86. The number of ether oxygens (including phenoxy) is 2. The van der Waals surface area contributed by atoms with Gasteiger partial charge in [0.25, 0.3) is 0 Å². The second kappa shape index (κ2) is 8.26. The molecule has 2 aliphatic heterocycles. The van der Waals surface area contributed by atoms with Crippen molar-refractivity contribution < 1.29 is 14.3 Å². The van der Waals surface area contributed by atoms with Crippen LogP contribution in [-0.4, -0.2) is 53.7 Å². The van der Waals surface area contributed by atoms with Crippen molar-refractivity contribution in [1.82, 2.24) is 14.8 Å². The molecule has 2 aromatic rings. The Morgan fingerprint density at radius 3 is 2.43 bits per heavy atom. The monoisotopic (exact) mass is 407 g/mol. The molecule has 3 heterocycles. The normalized spacial score (nSPS) is 20.9. The standard InChI is InChI=1S/C24H29N3O3/c28-23(27-14-12-26(13-15-27)17-19-6-10-25-11-7-19)24(8-2-1-3-9-24)20-4-5-21-22(16-20)30-18-29-21/h4-7,10-11,16H,1-3,8-9,12-15,17-18H2. The Hall–Kier alpha value is -2.60. The highest BCUT2D eigenvalue weighted by Crippen LogP contribution is 2.44. The average Bonchev–Trinajstić information content (AvgIpc) is 3.28. The van der Waals surface area contributed by atoms with Crippen molar-refractivity contribution in [2.24, 2.45) is 0 Å². The molecular formula is C24H29N3O3. The van der Waals surface area contributed by atoms with Crippen molar-refractivity contribution in [1.29, 1.82) is 0 Å². The Labute approximate surface area is 177 Å². The molecule has 0 spiro atoms. The molecule has 1 aromatic heterocycles. The maximum absolute atomic E-state index is 13.9. The molecule has 5 rings (SSSR count). The van der Waals surface area contributed by atoms with E-state index in [0.717, 1.165) is 75.5 Å². The second-order valence-electron chi connectivity index (χ2n) is 8.63. The minimum atomic E-state index is -0.424. The maximum atomic E-state index is 13.9. The molecule has 0 unspecified atom stereocenters. The van der Waals surface area contributed by atoms with Gasteiger partial charge in [-0.15, -0.1) is 0 Å². The fourth-order valence-electron chi connectivity index (χ4n) is 5.13. The van der Waals surface area contributed by atoms with Crippen molar-refractivity contribution in [3.63, 3.8) is 0 Å². The summed E-state index contributed by atoms with van der Waals surface area (Å²) in [5, 5.41) is 0. The number of nitrogens with zero attached hydrogens (tertiary/aromatic N) is 3. The van der Waals surface area contributed by atoms with Gasteiger partial charge >= 0.3 is 0 Å². The van der Waals surface area contributed by atoms with Gasteiger partial charge in [-0.3, -0.25) is 14.7 Å². The van der Waals surface area contributed by atoms with E-state index in [-0.39, 0.29) is 6.79 Å². The van der Waals surface area contributed by atoms with E-state index in [2.05, 4.69) is 33.0 Å². The summed E-state index contributed by atoms with van der Waals surface area (Å²) in [5.41, 5.74) is 1.94. The molecule has 1 saturated heterocycles. The lowest BCUT2D eigenvalue weighted by Crippen LogP contribution is -2.54. The number of hydrogen-bond donors (Lipinski definition) is 0. The molecule has 0 bridgehead atoms. The van der Waals surface area contributed by atoms with Crippen LogP contribution in [0.4, 0.5) is 0 Å². The average molecular weight is 408 g/mol. The van der Waals surface area contributed by atoms with Gasteiger partial charge in [0, 0.05) is 45.1 Å². The van der Waals surface area contributed by atoms with Crippen LogP contribution in [-0.2, 0) is 16.8 Å². The summed E-state index contributed by atoms with van der Waals surface area (Å²) >= 11 is 0. The number of carbonyl (C=O) groups is 1. The first-order chi connectivity index (χ1) is 14.7. The van der Waals surface area contributed by atoms with Crippen LogP contribution in [0, 0.1) is 0 Å². The van der Waals surface area contributed by atoms with E-state index < -0.39 is 5.41 Å². The Kier molecular flexibility index (Phi) is 5.34. The number of fused-ring (bicyclic) bond motifs is 1. The third-order valence-electron chi connectivity index (χ3n) is 6.86. The highest BCUT2D eigenvalue weighted by atomic mass is 16.7. The van der Waals surface area contributed by atoms with Crippen molar-refractivity contribution in [2.45, 2.75) is 44.1 Å². The first-order valence-corrected chi connectivity index (χ1v) is 11.1. The number of hydrogen-bond acceptors (Lipinski definition) is 5. The van der Waals surface area contributed by atoms with E-state index in [1.165, 1.54) is 12.0 Å². The predicted molar refractivity (Wildman–Crippen MR) is 113 cm³/mol. The Balaban J connectivity index is 1.31. The number of benzene rings is 1. The van der Waals surface area contributed by atoms with Crippen LogP contribution in [0.3, 0.4) is 0 Å². The third kappa shape index (κ3) is 3.65. The molecule has 1 saturated carbocycles. The minimum Gasteiger partial charge on any atom is -0.454 e. The van der Waals surface area contributed by atoms with E-state index >= 15 is 0 Å². The predicted octanol–water partition coefficient (Wildman–Crippen LogP) is 3.36. The molecule has 2 fully saturated rings. The van der Waals surface area contributed by atoms with Crippen LogP contribution in [0.15, 0.2) is 42.7 Å². The molecule has 6 heteroatoms. The van der Waals surface area contributed by atoms with Crippen molar-refractivity contribution in [3.05, 3.63) is 53.9 Å². The molecule has 1 aliphatic carbocycles. The van der Waals surface area contributed by atoms with Gasteiger partial charge in [-0.05, 0) is 48.2 Å². The molecule has 1 aromatic carbocycles. The van der Waals surface area contributed by atoms with E-state index in [1.807, 2.05) is 24.5 Å². The summed E-state index contributed by atoms with van der Waals surface area (Å²) < 4.78 is 11.1. The smallest absolute Gasteiger partial charge is 0.233 e. The molecule has 0 N–H and O–H groups in total. The van der Waals surface area contributed by atoms with E-state index in [4.69, 9.17) is 9.47 Å². The van der Waals surface area contributed by atoms with Crippen LogP contribution in [0.5, 0.6) is 11.5 Å². The highest BCUT2D eigenvalue weighted by molar-refractivity contribution is 5.89. The molecule has 0 atom stereocenters. The molecular weight excluding hydrogens is 378 g/mol. The number of piperazine rings is 1. The zero-order valence-electron chi connectivity index (χ0n) is 17.4. The lowest BCUT2D eigenvalue weighted by Gasteiger charge is -2.43. The molecule has 0 radical (unpaired) electrons. The zero-order valence-corrected chi connectivity index (χ0v) is 17.4. The van der Waals surface area contributed by atoms with Gasteiger partial charge in [0.1, 0.15) is 0 Å². The summed E-state index contributed by atoms with van der Waals surface area (Å²) in [6.45, 7) is 4.57. The van der Waals surface area contributed by atoms with Crippen LogP contribution >= 0.6 is 0 Å². The van der Waals surface area contributed by atoms with Crippen LogP contribution in [0.1, 0.15) is 43.2 Å². The van der Waals surface area contributed by atoms with E-state index in [0.29, 0.717) is 5.91 Å². The Bertz CT molecular complexity index is 888. The summed E-state index contributed by atoms with van der Waals surface area (Å²) in [4.78, 5) is 22.5. The van der Waals surface area contributed by atoms with Crippen molar-refractivity contribution in [2.75, 3.05) is 33.0 Å². The number of rotatable bonds is 4. The van der Waals surface area contributed by atoms with Gasteiger partial charge in [0.05, 0.1) is 5.41 Å². The lowest BCUT2D eigenvalue weighted by atomic mass is 9.68. The summed E-state index contributed by atoms with van der Waals surface area (Å²) in [7, 11) is 0. The summed E-state index contributed by atoms with van der Waals surface area (Å²) in [5.74, 6) is 1.85. The van der Waals surface area contributed by atoms with E-state index in [1.54, 1.807) is 0 Å². The van der Waals surface area contributed by atoms with Gasteiger partial charge < -0.3 is 14.4 Å². The SMILES string of the molecule is O=C(N1CCN(Cc2ccncc2)CC1)C1(c2ccc3c(c2)OCO3)CCCCC1. The largest absolute Gasteiger partial charge is 0.454 e. The summed E-state index contributed by atoms with van der Waals surface area (Å²) in [6, 6.07) is 10.2. The molecule has 3 aliphatic rings. The number of carbonyl (C=O) groups excluding carboxylic acids is 1. The molecule has 158 valence electrons. The Morgan fingerprint density at radius 2 is 1.67 bits per heavy atom. The van der Waals surface area contributed by atoms with Crippen LogP contribution in [0.2, 0.25) is 0 Å². The molecule has 1 amide bonds. The maximum Gasteiger partial charge on any atom is 0.233 e.